The van der Waals surface area contributed by atoms with E-state index in [-0.39, 0.29) is 5.91 Å². The highest BCUT2D eigenvalue weighted by Crippen LogP contribution is 2.25. The number of piperidine rings is 1. The number of amides is 1. The van der Waals surface area contributed by atoms with Gasteiger partial charge in [0.05, 0.1) is 5.69 Å². The molecule has 1 fully saturated rings. The van der Waals surface area contributed by atoms with Crippen LogP contribution in [0.15, 0.2) is 12.4 Å². The monoisotopic (exact) mass is 301 g/mol. The normalized spacial score (nSPS) is 18.6. The van der Waals surface area contributed by atoms with E-state index in [4.69, 9.17) is 0 Å². The number of carbonyl (C=O) groups is 1. The molecule has 1 unspecified atom stereocenters. The van der Waals surface area contributed by atoms with Gasteiger partial charge in [0.15, 0.2) is 0 Å². The lowest BCUT2D eigenvalue weighted by Crippen LogP contribution is -2.39. The minimum absolute atomic E-state index is 0.233. The summed E-state index contributed by atoms with van der Waals surface area (Å²) in [7, 11) is 0. The van der Waals surface area contributed by atoms with E-state index < -0.39 is 0 Å². The molecule has 2 aromatic rings. The fraction of sp³-hybridized carbons (Fsp3) is 0.562. The van der Waals surface area contributed by atoms with Crippen LogP contribution in [0.2, 0.25) is 0 Å². The third-order valence-corrected chi connectivity index (χ3v) is 4.55. The molecule has 1 atom stereocenters. The van der Waals surface area contributed by atoms with Gasteiger partial charge < -0.3 is 9.88 Å². The van der Waals surface area contributed by atoms with Gasteiger partial charge in [-0.05, 0) is 38.7 Å². The first-order chi connectivity index (χ1) is 10.6. The van der Waals surface area contributed by atoms with Gasteiger partial charge in [0.1, 0.15) is 5.82 Å². The zero-order valence-electron chi connectivity index (χ0n) is 13.2. The molecule has 6 heteroatoms. The first-order valence-corrected chi connectivity index (χ1v) is 7.92. The molecule has 2 N–H and O–H groups in total. The van der Waals surface area contributed by atoms with E-state index in [2.05, 4.69) is 20.2 Å². The summed E-state index contributed by atoms with van der Waals surface area (Å²) in [6.45, 7) is 5.62. The lowest BCUT2D eigenvalue weighted by atomic mass is 9.96. The Morgan fingerprint density at radius 3 is 3.00 bits per heavy atom. The Morgan fingerprint density at radius 2 is 2.32 bits per heavy atom. The third kappa shape index (κ3) is 3.05. The molecular weight excluding hydrogens is 278 g/mol. The van der Waals surface area contributed by atoms with Gasteiger partial charge in [0.25, 0.3) is 0 Å². The van der Waals surface area contributed by atoms with Gasteiger partial charge in [0.2, 0.25) is 5.91 Å². The average molecular weight is 301 g/mol. The number of carbonyl (C=O) groups excluding carboxylic acids is 1. The number of rotatable bonds is 4. The Balaban J connectivity index is 1.58. The summed E-state index contributed by atoms with van der Waals surface area (Å²) in [5, 5.41) is 7.17. The van der Waals surface area contributed by atoms with Gasteiger partial charge in [-0.15, -0.1) is 0 Å². The maximum Gasteiger partial charge on any atom is 0.222 e. The maximum absolute atomic E-state index is 12.5. The first kappa shape index (κ1) is 14.8. The van der Waals surface area contributed by atoms with Gasteiger partial charge in [-0.2, -0.15) is 5.10 Å². The topological polar surface area (TPSA) is 77.7 Å². The van der Waals surface area contributed by atoms with Crippen molar-refractivity contribution in [3.8, 4) is 0 Å². The summed E-state index contributed by atoms with van der Waals surface area (Å²) in [6, 6.07) is 0. The summed E-state index contributed by atoms with van der Waals surface area (Å²) in [5.74, 6) is 1.57. The van der Waals surface area contributed by atoms with E-state index in [1.54, 1.807) is 6.20 Å². The predicted molar refractivity (Wildman–Crippen MR) is 83.5 cm³/mol. The van der Waals surface area contributed by atoms with E-state index in [0.717, 1.165) is 49.6 Å². The molecular formula is C16H23N5O. The number of aromatic amines is 2. The summed E-state index contributed by atoms with van der Waals surface area (Å²) in [5.41, 5.74) is 3.24. The van der Waals surface area contributed by atoms with Crippen molar-refractivity contribution in [3.05, 3.63) is 35.2 Å². The average Bonchev–Trinajstić information content (AvgIpc) is 3.16. The third-order valence-electron chi connectivity index (χ3n) is 4.55. The van der Waals surface area contributed by atoms with Gasteiger partial charge in [-0.25, -0.2) is 4.98 Å². The molecule has 0 saturated carbocycles. The molecule has 3 rings (SSSR count). The van der Waals surface area contributed by atoms with Gasteiger partial charge >= 0.3 is 0 Å². The van der Waals surface area contributed by atoms with Crippen LogP contribution in [0.3, 0.4) is 0 Å². The molecule has 6 nitrogen and oxygen atoms in total. The number of H-pyrrole nitrogens is 2. The van der Waals surface area contributed by atoms with Crippen molar-refractivity contribution < 1.29 is 4.79 Å². The van der Waals surface area contributed by atoms with Crippen LogP contribution in [-0.4, -0.2) is 44.1 Å². The van der Waals surface area contributed by atoms with Crippen LogP contribution < -0.4 is 0 Å². The molecule has 1 aliphatic rings. The predicted octanol–water partition coefficient (Wildman–Crippen LogP) is 2.09. The van der Waals surface area contributed by atoms with Crippen molar-refractivity contribution in [2.45, 2.75) is 45.4 Å². The van der Waals surface area contributed by atoms with Gasteiger partial charge in [-0.3, -0.25) is 9.89 Å². The summed E-state index contributed by atoms with van der Waals surface area (Å²) >= 11 is 0. The Hall–Kier alpha value is -2.11. The van der Waals surface area contributed by atoms with Crippen molar-refractivity contribution in [2.24, 2.45) is 0 Å². The number of nitrogens with one attached hydrogen (secondary N) is 2. The SMILES string of the molecule is Cc1n[nH]c(C)c1CCC(=O)N1CCCC(c2ncc[nH]2)C1. The van der Waals surface area contributed by atoms with Crippen molar-refractivity contribution in [1.29, 1.82) is 0 Å². The molecule has 1 aliphatic heterocycles. The van der Waals surface area contributed by atoms with E-state index in [9.17, 15) is 4.79 Å². The zero-order chi connectivity index (χ0) is 15.5. The molecule has 0 bridgehead atoms. The number of hydrogen-bond donors (Lipinski definition) is 2. The lowest BCUT2D eigenvalue weighted by Gasteiger charge is -2.32. The smallest absolute Gasteiger partial charge is 0.222 e. The van der Waals surface area contributed by atoms with Crippen molar-refractivity contribution in [2.75, 3.05) is 13.1 Å². The Morgan fingerprint density at radius 1 is 1.45 bits per heavy atom. The Kier molecular flexibility index (Phi) is 4.27. The number of imidazole rings is 1. The van der Waals surface area contributed by atoms with Crippen molar-refractivity contribution in [1.82, 2.24) is 25.1 Å². The molecule has 0 radical (unpaired) electrons. The van der Waals surface area contributed by atoms with Crippen LogP contribution in [0.1, 0.15) is 48.0 Å². The standard InChI is InChI=1S/C16H23N5O/c1-11-14(12(2)20-19-11)5-6-15(22)21-9-3-4-13(10-21)16-17-7-8-18-16/h7-8,13H,3-6,9-10H2,1-2H3,(H,17,18)(H,19,20). The first-order valence-electron chi connectivity index (χ1n) is 7.92. The molecule has 2 aromatic heterocycles. The molecule has 1 saturated heterocycles. The highest BCUT2D eigenvalue weighted by atomic mass is 16.2. The molecule has 22 heavy (non-hydrogen) atoms. The van der Waals surface area contributed by atoms with Gasteiger partial charge in [-0.1, -0.05) is 0 Å². The number of nitrogens with zero attached hydrogens (tertiary/aromatic N) is 3. The van der Waals surface area contributed by atoms with E-state index in [1.165, 1.54) is 5.56 Å². The Bertz CT molecular complexity index is 612. The minimum Gasteiger partial charge on any atom is -0.348 e. The molecule has 0 spiro atoms. The molecule has 1 amide bonds. The second kappa shape index (κ2) is 6.34. The zero-order valence-corrected chi connectivity index (χ0v) is 13.2. The van der Waals surface area contributed by atoms with E-state index in [1.807, 2.05) is 24.9 Å². The number of hydrogen-bond acceptors (Lipinski definition) is 3. The molecule has 0 aromatic carbocycles. The fourth-order valence-electron chi connectivity index (χ4n) is 3.26. The largest absolute Gasteiger partial charge is 0.348 e. The van der Waals surface area contributed by atoms with Crippen LogP contribution in [0.4, 0.5) is 0 Å². The number of aromatic nitrogens is 4. The van der Waals surface area contributed by atoms with Crippen LogP contribution in [0.5, 0.6) is 0 Å². The highest BCUT2D eigenvalue weighted by Gasteiger charge is 2.26. The van der Waals surface area contributed by atoms with Crippen LogP contribution >= 0.6 is 0 Å². The quantitative estimate of drug-likeness (QED) is 0.907. The summed E-state index contributed by atoms with van der Waals surface area (Å²) in [6.07, 6.45) is 7.07. The molecule has 0 aliphatic carbocycles. The number of aryl methyl sites for hydroxylation is 2. The lowest BCUT2D eigenvalue weighted by molar-refractivity contribution is -0.132. The van der Waals surface area contributed by atoms with Crippen LogP contribution in [0, 0.1) is 13.8 Å². The van der Waals surface area contributed by atoms with Crippen LogP contribution in [0.25, 0.3) is 0 Å². The van der Waals surface area contributed by atoms with E-state index >= 15 is 0 Å². The van der Waals surface area contributed by atoms with Crippen LogP contribution in [-0.2, 0) is 11.2 Å². The maximum atomic E-state index is 12.5. The Labute approximate surface area is 130 Å². The van der Waals surface area contributed by atoms with Crippen molar-refractivity contribution in [3.63, 3.8) is 0 Å². The van der Waals surface area contributed by atoms with Crippen molar-refractivity contribution >= 4 is 5.91 Å². The second-order valence-electron chi connectivity index (χ2n) is 6.07. The molecule has 3 heterocycles. The highest BCUT2D eigenvalue weighted by molar-refractivity contribution is 5.76. The minimum atomic E-state index is 0.233. The van der Waals surface area contributed by atoms with Gasteiger partial charge in [0, 0.05) is 43.5 Å². The fourth-order valence-corrected chi connectivity index (χ4v) is 3.26. The second-order valence-corrected chi connectivity index (χ2v) is 6.07. The van der Waals surface area contributed by atoms with E-state index in [0.29, 0.717) is 12.3 Å². The molecule has 118 valence electrons. The summed E-state index contributed by atoms with van der Waals surface area (Å²) < 4.78 is 0. The number of likely N-dealkylation sites (tertiary alicyclic amines) is 1. The summed E-state index contributed by atoms with van der Waals surface area (Å²) in [4.78, 5) is 22.0.